The number of ether oxygens (including phenoxy) is 3. The minimum atomic E-state index is -0.429. The summed E-state index contributed by atoms with van der Waals surface area (Å²) < 4.78 is 15.3. The lowest BCUT2D eigenvalue weighted by Crippen LogP contribution is -2.22. The molecule has 1 atom stereocenters. The maximum Gasteiger partial charge on any atom is 0.332 e. The van der Waals surface area contributed by atoms with Gasteiger partial charge in [-0.15, -0.1) is 0 Å². The van der Waals surface area contributed by atoms with Crippen molar-refractivity contribution in [1.82, 2.24) is 0 Å². The fraction of sp³-hybridized carbons (Fsp3) is 0.889. The predicted molar refractivity (Wildman–Crippen MR) is 90.2 cm³/mol. The Morgan fingerprint density at radius 3 is 2.09 bits per heavy atom. The van der Waals surface area contributed by atoms with E-state index in [0.29, 0.717) is 6.61 Å². The molecule has 0 saturated carbocycles. The molecule has 0 spiro atoms. The molecule has 0 amide bonds. The van der Waals surface area contributed by atoms with Gasteiger partial charge in [0.25, 0.3) is 0 Å². The second-order valence-electron chi connectivity index (χ2n) is 5.92. The number of hydrogen-bond donors (Lipinski definition) is 0. The van der Waals surface area contributed by atoms with Crippen molar-refractivity contribution in [1.29, 1.82) is 0 Å². The van der Waals surface area contributed by atoms with Crippen molar-refractivity contribution in [2.24, 2.45) is 0 Å². The van der Waals surface area contributed by atoms with Gasteiger partial charge in [-0.3, -0.25) is 0 Å². The van der Waals surface area contributed by atoms with Gasteiger partial charge in [-0.2, -0.15) is 0 Å². The van der Waals surface area contributed by atoms with Crippen molar-refractivity contribution < 1.29 is 23.8 Å². The summed E-state index contributed by atoms with van der Waals surface area (Å²) in [5.41, 5.74) is 0. The summed E-state index contributed by atoms with van der Waals surface area (Å²) in [5.74, 6) is -0.856. The standard InChI is InChI=1S/C18H34O5/c1-4-6-8-10-12-16(3)23-18(20)15-21-14-17(19)22-13-11-9-7-5-2/h16H,4-15H2,1-3H3. The van der Waals surface area contributed by atoms with Crippen molar-refractivity contribution in [3.63, 3.8) is 0 Å². The Hall–Kier alpha value is -1.10. The van der Waals surface area contributed by atoms with E-state index in [1.165, 1.54) is 19.3 Å². The lowest BCUT2D eigenvalue weighted by molar-refractivity contribution is -0.158. The van der Waals surface area contributed by atoms with Gasteiger partial charge in [0.05, 0.1) is 12.7 Å². The van der Waals surface area contributed by atoms with Gasteiger partial charge >= 0.3 is 11.9 Å². The highest BCUT2D eigenvalue weighted by atomic mass is 16.6. The second kappa shape index (κ2) is 15.8. The molecule has 0 aliphatic carbocycles. The zero-order chi connectivity index (χ0) is 17.3. The van der Waals surface area contributed by atoms with Crippen LogP contribution in [0.1, 0.15) is 78.6 Å². The van der Waals surface area contributed by atoms with Crippen LogP contribution in [-0.4, -0.2) is 37.9 Å². The van der Waals surface area contributed by atoms with E-state index in [4.69, 9.17) is 14.2 Å². The maximum atomic E-state index is 11.6. The molecule has 0 heterocycles. The smallest absolute Gasteiger partial charge is 0.332 e. The summed E-state index contributed by atoms with van der Waals surface area (Å²) in [4.78, 5) is 22.9. The van der Waals surface area contributed by atoms with Crippen molar-refractivity contribution in [3.8, 4) is 0 Å². The van der Waals surface area contributed by atoms with Crippen molar-refractivity contribution >= 4 is 11.9 Å². The van der Waals surface area contributed by atoms with E-state index in [-0.39, 0.29) is 19.3 Å². The van der Waals surface area contributed by atoms with Crippen LogP contribution in [0.15, 0.2) is 0 Å². The van der Waals surface area contributed by atoms with E-state index in [1.54, 1.807) is 0 Å². The quantitative estimate of drug-likeness (QED) is 0.335. The summed E-state index contributed by atoms with van der Waals surface area (Å²) in [6.45, 7) is 6.19. The summed E-state index contributed by atoms with van der Waals surface area (Å²) in [6.07, 6.45) is 9.63. The van der Waals surface area contributed by atoms with Crippen LogP contribution in [0.5, 0.6) is 0 Å². The van der Waals surface area contributed by atoms with Crippen LogP contribution in [0.2, 0.25) is 0 Å². The molecule has 0 aliphatic heterocycles. The Balaban J connectivity index is 3.52. The summed E-state index contributed by atoms with van der Waals surface area (Å²) in [5, 5.41) is 0. The SMILES string of the molecule is CCCCCCOC(=O)COCC(=O)OC(C)CCCCCC. The minimum Gasteiger partial charge on any atom is -0.464 e. The van der Waals surface area contributed by atoms with E-state index in [2.05, 4.69) is 13.8 Å². The number of unbranched alkanes of at least 4 members (excludes halogenated alkanes) is 6. The molecule has 0 fully saturated rings. The van der Waals surface area contributed by atoms with Crippen LogP contribution < -0.4 is 0 Å². The largest absolute Gasteiger partial charge is 0.464 e. The molecule has 136 valence electrons. The van der Waals surface area contributed by atoms with Crippen LogP contribution in [0.3, 0.4) is 0 Å². The fourth-order valence-corrected chi connectivity index (χ4v) is 2.15. The van der Waals surface area contributed by atoms with Crippen molar-refractivity contribution in [3.05, 3.63) is 0 Å². The Bertz CT molecular complexity index is 304. The van der Waals surface area contributed by atoms with Crippen LogP contribution in [0.4, 0.5) is 0 Å². The van der Waals surface area contributed by atoms with Gasteiger partial charge in [-0.1, -0.05) is 52.4 Å². The van der Waals surface area contributed by atoms with E-state index in [1.807, 2.05) is 6.92 Å². The first-order valence-corrected chi connectivity index (χ1v) is 9.03. The van der Waals surface area contributed by atoms with Crippen molar-refractivity contribution in [2.45, 2.75) is 84.7 Å². The molecule has 1 unspecified atom stereocenters. The highest BCUT2D eigenvalue weighted by Gasteiger charge is 2.11. The van der Waals surface area contributed by atoms with Gasteiger partial charge in [0.1, 0.15) is 13.2 Å². The zero-order valence-corrected chi connectivity index (χ0v) is 15.1. The third-order valence-corrected chi connectivity index (χ3v) is 3.50. The average molecular weight is 330 g/mol. The Morgan fingerprint density at radius 1 is 0.826 bits per heavy atom. The van der Waals surface area contributed by atoms with Crippen LogP contribution in [-0.2, 0) is 23.8 Å². The fourth-order valence-electron chi connectivity index (χ4n) is 2.15. The van der Waals surface area contributed by atoms with Gasteiger partial charge in [0.15, 0.2) is 0 Å². The van der Waals surface area contributed by atoms with E-state index < -0.39 is 11.9 Å². The molecule has 5 heteroatoms. The third-order valence-electron chi connectivity index (χ3n) is 3.50. The summed E-state index contributed by atoms with van der Waals surface area (Å²) in [6, 6.07) is 0. The molecule has 0 N–H and O–H groups in total. The molecule has 0 aromatic rings. The molecule has 0 radical (unpaired) electrons. The van der Waals surface area contributed by atoms with Gasteiger partial charge in [0.2, 0.25) is 0 Å². The van der Waals surface area contributed by atoms with Crippen LogP contribution >= 0.6 is 0 Å². The predicted octanol–water partition coefficient (Wildman–Crippen LogP) is 4.03. The maximum absolute atomic E-state index is 11.6. The molecule has 23 heavy (non-hydrogen) atoms. The molecule has 0 aromatic carbocycles. The monoisotopic (exact) mass is 330 g/mol. The Morgan fingerprint density at radius 2 is 1.43 bits per heavy atom. The van der Waals surface area contributed by atoms with E-state index in [0.717, 1.165) is 38.5 Å². The van der Waals surface area contributed by atoms with E-state index in [9.17, 15) is 9.59 Å². The Labute approximate surface area is 141 Å². The zero-order valence-electron chi connectivity index (χ0n) is 15.1. The lowest BCUT2D eigenvalue weighted by atomic mass is 10.1. The molecule has 0 aliphatic rings. The summed E-state index contributed by atoms with van der Waals surface area (Å²) in [7, 11) is 0. The molecule has 0 bridgehead atoms. The van der Waals surface area contributed by atoms with Crippen molar-refractivity contribution in [2.75, 3.05) is 19.8 Å². The minimum absolute atomic E-state index is 0.103. The molecule has 0 saturated heterocycles. The normalized spacial score (nSPS) is 12.0. The topological polar surface area (TPSA) is 61.8 Å². The number of carbonyl (C=O) groups is 2. The third kappa shape index (κ3) is 15.6. The average Bonchev–Trinajstić information content (AvgIpc) is 2.51. The first-order chi connectivity index (χ1) is 11.1. The Kier molecular flexibility index (Phi) is 15.0. The van der Waals surface area contributed by atoms with E-state index >= 15 is 0 Å². The van der Waals surface area contributed by atoms with Crippen LogP contribution in [0.25, 0.3) is 0 Å². The molecule has 5 nitrogen and oxygen atoms in total. The highest BCUT2D eigenvalue weighted by molar-refractivity contribution is 5.73. The first-order valence-electron chi connectivity index (χ1n) is 9.03. The number of esters is 2. The van der Waals surface area contributed by atoms with Gasteiger partial charge in [-0.25, -0.2) is 9.59 Å². The molecule has 0 aromatic heterocycles. The van der Waals surface area contributed by atoms with Gasteiger partial charge in [0, 0.05) is 0 Å². The molecule has 0 rings (SSSR count). The highest BCUT2D eigenvalue weighted by Crippen LogP contribution is 2.08. The second-order valence-corrected chi connectivity index (χ2v) is 5.92. The molecular formula is C18H34O5. The number of rotatable bonds is 15. The number of hydrogen-bond acceptors (Lipinski definition) is 5. The summed E-state index contributed by atoms with van der Waals surface area (Å²) >= 11 is 0. The van der Waals surface area contributed by atoms with Gasteiger partial charge in [-0.05, 0) is 26.2 Å². The first kappa shape index (κ1) is 21.9. The van der Waals surface area contributed by atoms with Crippen LogP contribution in [0, 0.1) is 0 Å². The van der Waals surface area contributed by atoms with Gasteiger partial charge < -0.3 is 14.2 Å². The lowest BCUT2D eigenvalue weighted by Gasteiger charge is -2.13. The molecular weight excluding hydrogens is 296 g/mol. The number of carbonyl (C=O) groups excluding carboxylic acids is 2.